The van der Waals surface area contributed by atoms with E-state index in [0.29, 0.717) is 46.2 Å². The lowest BCUT2D eigenvalue weighted by Crippen LogP contribution is -2.45. The molecule has 8 nitrogen and oxygen atoms in total. The molecule has 0 saturated carbocycles. The molecular weight excluding hydrogens is 494 g/mol. The molecule has 0 bridgehead atoms. The van der Waals surface area contributed by atoms with Gasteiger partial charge in [-0.3, -0.25) is 4.79 Å². The van der Waals surface area contributed by atoms with Crippen LogP contribution >= 0.6 is 11.6 Å². The van der Waals surface area contributed by atoms with Crippen molar-refractivity contribution in [3.8, 4) is 17.6 Å². The second-order valence-electron chi connectivity index (χ2n) is 8.67. The van der Waals surface area contributed by atoms with Crippen LogP contribution in [0.4, 0.5) is 4.79 Å². The molecule has 2 heterocycles. The maximum absolute atomic E-state index is 13.5. The third-order valence-electron chi connectivity index (χ3n) is 6.22. The number of carbonyl (C=O) groups excluding carboxylic acids is 2. The monoisotopic (exact) mass is 515 g/mol. The van der Waals surface area contributed by atoms with Gasteiger partial charge in [-0.25, -0.2) is 9.79 Å². The first-order valence-electron chi connectivity index (χ1n) is 11.7. The molecule has 3 aromatic carbocycles. The highest BCUT2D eigenvalue weighted by molar-refractivity contribution is 6.30. The van der Waals surface area contributed by atoms with Gasteiger partial charge in [0.05, 0.1) is 17.7 Å². The number of urea groups is 1. The Morgan fingerprint density at radius 2 is 1.89 bits per heavy atom. The van der Waals surface area contributed by atoms with E-state index in [0.717, 1.165) is 11.1 Å². The standard InChI is InChI=1S/C28H22ClN3O5/c29-21-6-2-4-19(12-21)15-35-27(33)25-22(9-7-17-8-10-23-24(13-17)37-16-36-23)31-28(34)32-26(25)20-5-1-3-18(11-20)14-30/h1-6,8,10-13,25-26H,7,9,15-16H2,(H,32,34). The summed E-state index contributed by atoms with van der Waals surface area (Å²) in [7, 11) is 0. The van der Waals surface area contributed by atoms with Crippen molar-refractivity contribution >= 4 is 29.3 Å². The summed E-state index contributed by atoms with van der Waals surface area (Å²) in [5.41, 5.74) is 3.13. The van der Waals surface area contributed by atoms with Crippen LogP contribution in [0.5, 0.6) is 11.5 Å². The van der Waals surface area contributed by atoms with Crippen molar-refractivity contribution in [2.45, 2.75) is 25.5 Å². The van der Waals surface area contributed by atoms with Gasteiger partial charge in [-0.15, -0.1) is 0 Å². The molecule has 1 N–H and O–H groups in total. The minimum Gasteiger partial charge on any atom is -0.460 e. The number of nitriles is 1. The van der Waals surface area contributed by atoms with Crippen LogP contribution in [0.25, 0.3) is 0 Å². The summed E-state index contributed by atoms with van der Waals surface area (Å²) in [5.74, 6) is -0.0702. The van der Waals surface area contributed by atoms with E-state index in [1.807, 2.05) is 24.3 Å². The lowest BCUT2D eigenvalue weighted by molar-refractivity contribution is -0.148. The first kappa shape index (κ1) is 24.3. The normalized spacial score (nSPS) is 17.9. The fraction of sp³-hybridized carbons (Fsp3) is 0.214. The fourth-order valence-corrected chi connectivity index (χ4v) is 4.65. The number of aryl methyl sites for hydroxylation is 1. The number of rotatable bonds is 7. The van der Waals surface area contributed by atoms with Crippen LogP contribution < -0.4 is 14.8 Å². The SMILES string of the molecule is N#Cc1cccc(C2NC(=O)N=C(CCc3ccc4c(c3)OCO4)C2C(=O)OCc2cccc(Cl)c2)c1. The number of esters is 1. The van der Waals surface area contributed by atoms with Crippen LogP contribution in [0.3, 0.4) is 0 Å². The third-order valence-corrected chi connectivity index (χ3v) is 6.46. The number of ether oxygens (including phenoxy) is 3. The summed E-state index contributed by atoms with van der Waals surface area (Å²) in [6.45, 7) is 0.194. The van der Waals surface area contributed by atoms with Gasteiger partial charge in [-0.1, -0.05) is 41.9 Å². The molecule has 186 valence electrons. The summed E-state index contributed by atoms with van der Waals surface area (Å²) < 4.78 is 16.5. The van der Waals surface area contributed by atoms with Crippen molar-refractivity contribution in [3.05, 3.63) is 94.0 Å². The molecule has 5 rings (SSSR count). The molecule has 0 spiro atoms. The average Bonchev–Trinajstić information content (AvgIpc) is 3.38. The number of aliphatic imine (C=N–C) groups is 1. The number of hydrogen-bond acceptors (Lipinski definition) is 6. The van der Waals surface area contributed by atoms with Crippen molar-refractivity contribution in [3.63, 3.8) is 0 Å². The number of benzene rings is 3. The van der Waals surface area contributed by atoms with E-state index < -0.39 is 24.0 Å². The molecule has 37 heavy (non-hydrogen) atoms. The minimum atomic E-state index is -0.875. The number of nitrogens with zero attached hydrogens (tertiary/aromatic N) is 2. The molecule has 3 aromatic rings. The van der Waals surface area contributed by atoms with Crippen LogP contribution in [-0.2, 0) is 22.6 Å². The molecule has 2 amide bonds. The van der Waals surface area contributed by atoms with Crippen molar-refractivity contribution in [2.75, 3.05) is 6.79 Å². The molecule has 0 radical (unpaired) electrons. The van der Waals surface area contributed by atoms with Crippen LogP contribution in [-0.4, -0.2) is 24.5 Å². The quantitative estimate of drug-likeness (QED) is 0.436. The molecule has 0 saturated heterocycles. The summed E-state index contributed by atoms with van der Waals surface area (Å²) in [6.07, 6.45) is 0.865. The fourth-order valence-electron chi connectivity index (χ4n) is 4.44. The van der Waals surface area contributed by atoms with Crippen molar-refractivity contribution in [1.82, 2.24) is 5.32 Å². The van der Waals surface area contributed by atoms with Gasteiger partial charge in [0.1, 0.15) is 12.5 Å². The average molecular weight is 516 g/mol. The highest BCUT2D eigenvalue weighted by Crippen LogP contribution is 2.34. The Bertz CT molecular complexity index is 1430. The van der Waals surface area contributed by atoms with E-state index in [1.54, 1.807) is 42.5 Å². The number of halogens is 1. The van der Waals surface area contributed by atoms with Crippen LogP contribution in [0.1, 0.15) is 34.7 Å². The first-order valence-corrected chi connectivity index (χ1v) is 12.1. The second kappa shape index (κ2) is 10.7. The summed E-state index contributed by atoms with van der Waals surface area (Å²) >= 11 is 6.06. The molecule has 0 fully saturated rings. The maximum Gasteiger partial charge on any atom is 0.341 e. The van der Waals surface area contributed by atoms with Crippen LogP contribution in [0.2, 0.25) is 5.02 Å². The van der Waals surface area contributed by atoms with E-state index in [-0.39, 0.29) is 13.4 Å². The third kappa shape index (κ3) is 5.57. The Kier molecular flexibility index (Phi) is 7.06. The lowest BCUT2D eigenvalue weighted by Gasteiger charge is -2.31. The van der Waals surface area contributed by atoms with Crippen LogP contribution in [0.15, 0.2) is 71.7 Å². The molecule has 9 heteroatoms. The second-order valence-corrected chi connectivity index (χ2v) is 9.11. The minimum absolute atomic E-state index is 0.0181. The molecule has 0 aliphatic carbocycles. The zero-order valence-electron chi connectivity index (χ0n) is 19.6. The van der Waals surface area contributed by atoms with Gasteiger partial charge < -0.3 is 19.5 Å². The van der Waals surface area contributed by atoms with E-state index in [9.17, 15) is 14.9 Å². The molecule has 2 unspecified atom stereocenters. The Labute approximate surface area is 218 Å². The van der Waals surface area contributed by atoms with Gasteiger partial charge in [-0.2, -0.15) is 5.26 Å². The topological polar surface area (TPSA) is 110 Å². The first-order chi connectivity index (χ1) is 18.0. The summed E-state index contributed by atoms with van der Waals surface area (Å²) in [5, 5.41) is 12.7. The molecule has 2 aliphatic rings. The summed E-state index contributed by atoms with van der Waals surface area (Å²) in [4.78, 5) is 30.3. The smallest absolute Gasteiger partial charge is 0.341 e. The number of hydrogen-bond donors (Lipinski definition) is 1. The predicted molar refractivity (Wildman–Crippen MR) is 135 cm³/mol. The van der Waals surface area contributed by atoms with E-state index in [1.165, 1.54) is 0 Å². The summed E-state index contributed by atoms with van der Waals surface area (Å²) in [6, 6.07) is 20.3. The van der Waals surface area contributed by atoms with Gasteiger partial charge in [-0.05, 0) is 65.9 Å². The Balaban J connectivity index is 1.41. The van der Waals surface area contributed by atoms with E-state index >= 15 is 0 Å². The highest BCUT2D eigenvalue weighted by atomic mass is 35.5. The molecular formula is C28H22ClN3O5. The highest BCUT2D eigenvalue weighted by Gasteiger charge is 2.39. The number of fused-ring (bicyclic) bond motifs is 1. The lowest BCUT2D eigenvalue weighted by atomic mass is 9.85. The van der Waals surface area contributed by atoms with Crippen molar-refractivity contribution in [1.29, 1.82) is 5.26 Å². The Morgan fingerprint density at radius 3 is 2.73 bits per heavy atom. The van der Waals surface area contributed by atoms with Crippen LogP contribution in [0, 0.1) is 17.2 Å². The van der Waals surface area contributed by atoms with Gasteiger partial charge in [0, 0.05) is 10.7 Å². The largest absolute Gasteiger partial charge is 0.460 e. The van der Waals surface area contributed by atoms with Gasteiger partial charge in [0.15, 0.2) is 11.5 Å². The number of amides is 2. The van der Waals surface area contributed by atoms with Gasteiger partial charge >= 0.3 is 12.0 Å². The Morgan fingerprint density at radius 1 is 1.05 bits per heavy atom. The molecule has 2 atom stereocenters. The van der Waals surface area contributed by atoms with Gasteiger partial charge in [0.2, 0.25) is 6.79 Å². The van der Waals surface area contributed by atoms with E-state index in [2.05, 4.69) is 16.4 Å². The van der Waals surface area contributed by atoms with Crippen molar-refractivity contribution < 1.29 is 23.8 Å². The zero-order valence-corrected chi connectivity index (χ0v) is 20.4. The van der Waals surface area contributed by atoms with Gasteiger partial charge in [0.25, 0.3) is 0 Å². The number of carbonyl (C=O) groups is 2. The predicted octanol–water partition coefficient (Wildman–Crippen LogP) is 5.14. The Hall–Kier alpha value is -4.35. The molecule has 0 aromatic heterocycles. The van der Waals surface area contributed by atoms with E-state index in [4.69, 9.17) is 25.8 Å². The molecule has 2 aliphatic heterocycles. The zero-order chi connectivity index (χ0) is 25.8. The number of nitrogens with one attached hydrogen (secondary N) is 1. The van der Waals surface area contributed by atoms with Crippen molar-refractivity contribution in [2.24, 2.45) is 10.9 Å². The maximum atomic E-state index is 13.5.